The topological polar surface area (TPSA) is 78.1 Å². The number of nitrogens with zero attached hydrogens (tertiary/aromatic N) is 4. The van der Waals surface area contributed by atoms with Crippen LogP contribution in [0.25, 0.3) is 17.0 Å². The minimum atomic E-state index is -0.830. The molecule has 5 aromatic rings. The highest BCUT2D eigenvalue weighted by Gasteiger charge is 2.26. The van der Waals surface area contributed by atoms with E-state index in [-0.39, 0.29) is 36.6 Å². The van der Waals surface area contributed by atoms with Gasteiger partial charge in [-0.15, -0.1) is 0 Å². The molecule has 45 heavy (non-hydrogen) atoms. The van der Waals surface area contributed by atoms with Gasteiger partial charge in [0, 0.05) is 30.4 Å². The van der Waals surface area contributed by atoms with Crippen LogP contribution in [0.15, 0.2) is 83.8 Å². The summed E-state index contributed by atoms with van der Waals surface area (Å²) in [6.07, 6.45) is 3.63. The summed E-state index contributed by atoms with van der Waals surface area (Å²) >= 11 is 0. The molecule has 0 aliphatic heterocycles. The van der Waals surface area contributed by atoms with Crippen molar-refractivity contribution in [1.29, 1.82) is 0 Å². The van der Waals surface area contributed by atoms with Gasteiger partial charge in [0.15, 0.2) is 0 Å². The molecule has 10 heteroatoms. The second-order valence-electron chi connectivity index (χ2n) is 11.4. The SMILES string of the molecule is CCOC(=O)c1cn(Cc2c(F)cccc2F)c2nc(-c3ccc(OCC4CC4)cc3)c(CN(C)Cc3ccccc3)n2c1=O. The largest absolute Gasteiger partial charge is 0.493 e. The molecule has 0 amide bonds. The Labute approximate surface area is 259 Å². The molecular formula is C35H34F2N4O4. The Balaban J connectivity index is 1.51. The zero-order valence-corrected chi connectivity index (χ0v) is 25.2. The van der Waals surface area contributed by atoms with E-state index in [1.54, 1.807) is 6.92 Å². The number of ether oxygens (including phenoxy) is 2. The maximum atomic E-state index is 14.8. The minimum Gasteiger partial charge on any atom is -0.493 e. The number of esters is 1. The highest BCUT2D eigenvalue weighted by atomic mass is 19.1. The summed E-state index contributed by atoms with van der Waals surface area (Å²) in [5.41, 5.74) is 1.72. The maximum absolute atomic E-state index is 14.8. The third-order valence-electron chi connectivity index (χ3n) is 7.84. The molecule has 6 rings (SSSR count). The fourth-order valence-electron chi connectivity index (χ4n) is 5.35. The van der Waals surface area contributed by atoms with E-state index in [1.165, 1.54) is 34.1 Å². The van der Waals surface area contributed by atoms with Crippen molar-refractivity contribution in [1.82, 2.24) is 18.9 Å². The zero-order chi connectivity index (χ0) is 31.5. The summed E-state index contributed by atoms with van der Waals surface area (Å²) in [4.78, 5) is 33.9. The van der Waals surface area contributed by atoms with Crippen molar-refractivity contribution in [3.05, 3.63) is 123 Å². The van der Waals surface area contributed by atoms with Gasteiger partial charge in [-0.2, -0.15) is 0 Å². The van der Waals surface area contributed by atoms with Gasteiger partial charge < -0.3 is 14.0 Å². The van der Waals surface area contributed by atoms with Crippen molar-refractivity contribution in [3.63, 3.8) is 0 Å². The van der Waals surface area contributed by atoms with E-state index in [4.69, 9.17) is 14.5 Å². The molecule has 0 atom stereocenters. The number of hydrogen-bond donors (Lipinski definition) is 0. The smallest absolute Gasteiger partial charge is 0.345 e. The zero-order valence-electron chi connectivity index (χ0n) is 25.2. The Bertz CT molecular complexity index is 1860. The number of aromatic nitrogens is 3. The number of rotatable bonds is 12. The summed E-state index contributed by atoms with van der Waals surface area (Å²) in [7, 11) is 1.92. The molecule has 2 aromatic heterocycles. The van der Waals surface area contributed by atoms with Gasteiger partial charge in [-0.3, -0.25) is 9.69 Å². The van der Waals surface area contributed by atoms with Crippen molar-refractivity contribution in [2.75, 3.05) is 20.3 Å². The summed E-state index contributed by atoms with van der Waals surface area (Å²) < 4.78 is 43.6. The Morgan fingerprint density at radius 2 is 1.69 bits per heavy atom. The number of carbonyl (C=O) groups is 1. The van der Waals surface area contributed by atoms with Crippen LogP contribution in [0.3, 0.4) is 0 Å². The van der Waals surface area contributed by atoms with Crippen LogP contribution in [0.4, 0.5) is 8.78 Å². The van der Waals surface area contributed by atoms with Crippen LogP contribution in [0, 0.1) is 17.6 Å². The number of hydrogen-bond acceptors (Lipinski definition) is 6. The first-order valence-electron chi connectivity index (χ1n) is 15.0. The Morgan fingerprint density at radius 3 is 2.36 bits per heavy atom. The van der Waals surface area contributed by atoms with Crippen molar-refractivity contribution in [2.24, 2.45) is 5.92 Å². The second-order valence-corrected chi connectivity index (χ2v) is 11.4. The molecule has 0 saturated heterocycles. The highest BCUT2D eigenvalue weighted by Crippen LogP contribution is 2.31. The van der Waals surface area contributed by atoms with E-state index in [0.717, 1.165) is 29.0 Å². The average Bonchev–Trinajstić information content (AvgIpc) is 3.79. The van der Waals surface area contributed by atoms with Crippen molar-refractivity contribution in [3.8, 4) is 17.0 Å². The van der Waals surface area contributed by atoms with Crippen LogP contribution in [0.1, 0.15) is 46.9 Å². The molecule has 1 saturated carbocycles. The van der Waals surface area contributed by atoms with Crippen molar-refractivity contribution in [2.45, 2.75) is 39.4 Å². The standard InChI is InChI=1S/C35H34F2N4O4/c1-3-44-34(43)28-20-40(19-27-29(36)10-7-11-30(27)37)35-38-32(25-14-16-26(17-15-25)45-22-24-12-13-24)31(41(35)33(28)42)21-39(2)18-23-8-5-4-6-9-23/h4-11,14-17,20,24H,3,12-13,18-19,21-22H2,1-2H3. The normalized spacial score (nSPS) is 13.0. The molecule has 0 N–H and O–H groups in total. The molecule has 8 nitrogen and oxygen atoms in total. The molecule has 1 aliphatic carbocycles. The van der Waals surface area contributed by atoms with E-state index < -0.39 is 23.2 Å². The highest BCUT2D eigenvalue weighted by molar-refractivity contribution is 5.89. The number of carbonyl (C=O) groups excluding carboxylic acids is 1. The number of halogens is 2. The van der Waals surface area contributed by atoms with Gasteiger partial charge in [0.05, 0.1) is 31.1 Å². The van der Waals surface area contributed by atoms with Gasteiger partial charge in [0.2, 0.25) is 5.78 Å². The third kappa shape index (κ3) is 6.66. The summed E-state index contributed by atoms with van der Waals surface area (Å²) in [5, 5.41) is 0. The molecular weight excluding hydrogens is 578 g/mol. The number of fused-ring (bicyclic) bond motifs is 1. The lowest BCUT2D eigenvalue weighted by Crippen LogP contribution is -2.29. The Hall–Kier alpha value is -4.83. The Morgan fingerprint density at radius 1 is 0.978 bits per heavy atom. The van der Waals surface area contributed by atoms with E-state index in [1.807, 2.05) is 66.5 Å². The van der Waals surface area contributed by atoms with Crippen LogP contribution in [-0.2, 0) is 24.4 Å². The van der Waals surface area contributed by atoms with Crippen LogP contribution in [-0.4, -0.2) is 45.1 Å². The first-order chi connectivity index (χ1) is 21.8. The second kappa shape index (κ2) is 13.0. The van der Waals surface area contributed by atoms with Gasteiger partial charge >= 0.3 is 5.97 Å². The molecule has 1 fully saturated rings. The van der Waals surface area contributed by atoms with Gasteiger partial charge in [-0.05, 0) is 74.7 Å². The van der Waals surface area contributed by atoms with E-state index >= 15 is 0 Å². The third-order valence-corrected chi connectivity index (χ3v) is 7.84. The maximum Gasteiger partial charge on any atom is 0.345 e. The van der Waals surface area contributed by atoms with Gasteiger partial charge in [-0.1, -0.05) is 36.4 Å². The molecule has 0 spiro atoms. The van der Waals surface area contributed by atoms with Crippen LogP contribution >= 0.6 is 0 Å². The molecule has 0 unspecified atom stereocenters. The van der Waals surface area contributed by atoms with Crippen molar-refractivity contribution < 1.29 is 23.0 Å². The molecule has 1 aliphatic rings. The molecule has 3 aromatic carbocycles. The summed E-state index contributed by atoms with van der Waals surface area (Å²) in [5.74, 6) is -0.849. The van der Waals surface area contributed by atoms with Crippen LogP contribution in [0.5, 0.6) is 5.75 Å². The van der Waals surface area contributed by atoms with Gasteiger partial charge in [0.25, 0.3) is 5.56 Å². The molecule has 232 valence electrons. The van der Waals surface area contributed by atoms with Crippen LogP contribution < -0.4 is 10.3 Å². The van der Waals surface area contributed by atoms with Gasteiger partial charge in [0.1, 0.15) is 22.9 Å². The van der Waals surface area contributed by atoms with Gasteiger partial charge in [-0.25, -0.2) is 23.0 Å². The lowest BCUT2D eigenvalue weighted by molar-refractivity contribution is 0.0523. The van der Waals surface area contributed by atoms with E-state index in [2.05, 4.69) is 0 Å². The van der Waals surface area contributed by atoms with Crippen molar-refractivity contribution >= 4 is 11.7 Å². The number of benzene rings is 3. The summed E-state index contributed by atoms with van der Waals surface area (Å²) in [6, 6.07) is 21.0. The van der Waals surface area contributed by atoms with E-state index in [0.29, 0.717) is 30.5 Å². The quantitative estimate of drug-likeness (QED) is 0.159. The Kier molecular flexibility index (Phi) is 8.75. The first-order valence-corrected chi connectivity index (χ1v) is 15.0. The fraction of sp³-hybridized carbons (Fsp3) is 0.286. The first kappa shape index (κ1) is 30.2. The van der Waals surface area contributed by atoms with Crippen LogP contribution in [0.2, 0.25) is 0 Å². The monoisotopic (exact) mass is 612 g/mol. The molecule has 2 heterocycles. The molecule has 0 bridgehead atoms. The fourth-order valence-corrected chi connectivity index (χ4v) is 5.35. The average molecular weight is 613 g/mol. The van der Waals surface area contributed by atoms with E-state index in [9.17, 15) is 18.4 Å². The lowest BCUT2D eigenvalue weighted by Gasteiger charge is -2.18. The molecule has 0 radical (unpaired) electrons. The minimum absolute atomic E-state index is 0.0509. The summed E-state index contributed by atoms with van der Waals surface area (Å²) in [6.45, 7) is 2.91. The number of imidazole rings is 1. The lowest BCUT2D eigenvalue weighted by atomic mass is 10.1. The predicted molar refractivity (Wildman–Crippen MR) is 166 cm³/mol. The predicted octanol–water partition coefficient (Wildman–Crippen LogP) is 6.09.